The van der Waals surface area contributed by atoms with Crippen molar-refractivity contribution >= 4 is 6.03 Å². The maximum Gasteiger partial charge on any atom is 0.315 e. The number of urea groups is 1. The van der Waals surface area contributed by atoms with Gasteiger partial charge in [0.25, 0.3) is 0 Å². The molecule has 0 aromatic heterocycles. The molecule has 0 radical (unpaired) electrons. The van der Waals surface area contributed by atoms with E-state index in [1.807, 2.05) is 20.8 Å². The lowest BCUT2D eigenvalue weighted by atomic mass is 10.0. The molecule has 3 nitrogen and oxygen atoms in total. The Morgan fingerprint density at radius 1 is 1.46 bits per heavy atom. The van der Waals surface area contributed by atoms with Gasteiger partial charge in [-0.15, -0.1) is 5.92 Å². The molecule has 0 aliphatic rings. The number of carbonyl (C=O) groups is 1. The summed E-state index contributed by atoms with van der Waals surface area (Å²) in [6, 6.07) is -0.158. The van der Waals surface area contributed by atoms with Crippen molar-refractivity contribution in [2.75, 3.05) is 6.54 Å². The van der Waals surface area contributed by atoms with Crippen molar-refractivity contribution in [3.8, 4) is 11.8 Å². The van der Waals surface area contributed by atoms with Gasteiger partial charge in [0.1, 0.15) is 0 Å². The van der Waals surface area contributed by atoms with Crippen LogP contribution in [0.4, 0.5) is 4.79 Å². The number of amides is 2. The minimum Gasteiger partial charge on any atom is -0.333 e. The van der Waals surface area contributed by atoms with Crippen LogP contribution in [0.15, 0.2) is 0 Å². The van der Waals surface area contributed by atoms with Gasteiger partial charge >= 0.3 is 6.03 Å². The van der Waals surface area contributed by atoms with E-state index in [0.29, 0.717) is 6.54 Å². The van der Waals surface area contributed by atoms with Crippen LogP contribution in [0.3, 0.4) is 0 Å². The molecule has 74 valence electrons. The molecule has 0 rings (SSSR count). The summed E-state index contributed by atoms with van der Waals surface area (Å²) in [4.78, 5) is 11.2. The van der Waals surface area contributed by atoms with E-state index in [0.717, 1.165) is 6.42 Å². The maximum atomic E-state index is 11.2. The average molecular weight is 182 g/mol. The third-order valence-electron chi connectivity index (χ3n) is 1.85. The largest absolute Gasteiger partial charge is 0.333 e. The van der Waals surface area contributed by atoms with E-state index in [1.54, 1.807) is 6.92 Å². The zero-order valence-corrected chi connectivity index (χ0v) is 8.82. The Labute approximate surface area is 80.3 Å². The molecule has 0 atom stereocenters. The number of nitrogens with one attached hydrogen (secondary N) is 2. The summed E-state index contributed by atoms with van der Waals surface area (Å²) >= 11 is 0. The van der Waals surface area contributed by atoms with Gasteiger partial charge in [0.2, 0.25) is 0 Å². The summed E-state index contributed by atoms with van der Waals surface area (Å²) < 4.78 is 0. The van der Waals surface area contributed by atoms with Crippen molar-refractivity contribution in [1.29, 1.82) is 0 Å². The lowest BCUT2D eigenvalue weighted by Crippen LogP contribution is -2.48. The van der Waals surface area contributed by atoms with Crippen LogP contribution in [-0.4, -0.2) is 18.1 Å². The smallest absolute Gasteiger partial charge is 0.315 e. The van der Waals surface area contributed by atoms with Crippen molar-refractivity contribution in [1.82, 2.24) is 10.6 Å². The van der Waals surface area contributed by atoms with E-state index in [4.69, 9.17) is 0 Å². The van der Waals surface area contributed by atoms with Crippen molar-refractivity contribution in [2.45, 2.75) is 39.7 Å². The molecule has 0 bridgehead atoms. The van der Waals surface area contributed by atoms with Crippen LogP contribution in [-0.2, 0) is 0 Å². The third-order valence-corrected chi connectivity index (χ3v) is 1.85. The second kappa shape index (κ2) is 5.47. The highest BCUT2D eigenvalue weighted by molar-refractivity contribution is 5.74. The summed E-state index contributed by atoms with van der Waals surface area (Å²) in [6.07, 6.45) is 0.903. The monoisotopic (exact) mass is 182 g/mol. The highest BCUT2D eigenvalue weighted by atomic mass is 16.2. The Bertz CT molecular complexity index is 223. The first-order chi connectivity index (χ1) is 6.02. The summed E-state index contributed by atoms with van der Waals surface area (Å²) in [5.41, 5.74) is -0.149. The van der Waals surface area contributed by atoms with E-state index in [2.05, 4.69) is 22.5 Å². The molecule has 0 aliphatic heterocycles. The minimum absolute atomic E-state index is 0.149. The topological polar surface area (TPSA) is 41.1 Å². The van der Waals surface area contributed by atoms with Crippen molar-refractivity contribution in [3.63, 3.8) is 0 Å². The molecule has 0 aromatic carbocycles. The highest BCUT2D eigenvalue weighted by Crippen LogP contribution is 2.05. The van der Waals surface area contributed by atoms with Crippen LogP contribution in [0.25, 0.3) is 0 Å². The van der Waals surface area contributed by atoms with Gasteiger partial charge in [0.15, 0.2) is 0 Å². The molecule has 0 aliphatic carbocycles. The van der Waals surface area contributed by atoms with Gasteiger partial charge in [-0.05, 0) is 27.2 Å². The van der Waals surface area contributed by atoms with Gasteiger partial charge < -0.3 is 10.6 Å². The Hall–Kier alpha value is -1.17. The van der Waals surface area contributed by atoms with Crippen molar-refractivity contribution in [2.24, 2.45) is 0 Å². The Kier molecular flexibility index (Phi) is 4.98. The van der Waals surface area contributed by atoms with Crippen LogP contribution < -0.4 is 10.6 Å². The third kappa shape index (κ3) is 6.03. The molecular formula is C10H18N2O. The molecule has 0 saturated carbocycles. The van der Waals surface area contributed by atoms with Crippen LogP contribution in [0.2, 0.25) is 0 Å². The average Bonchev–Trinajstić information content (AvgIpc) is 2.04. The van der Waals surface area contributed by atoms with Gasteiger partial charge in [0, 0.05) is 5.54 Å². The predicted molar refractivity (Wildman–Crippen MR) is 54.4 cm³/mol. The fourth-order valence-corrected chi connectivity index (χ4v) is 0.653. The normalized spacial score (nSPS) is 9.85. The van der Waals surface area contributed by atoms with Crippen molar-refractivity contribution < 1.29 is 4.79 Å². The van der Waals surface area contributed by atoms with Crippen LogP contribution >= 0.6 is 0 Å². The molecule has 2 N–H and O–H groups in total. The fourth-order valence-electron chi connectivity index (χ4n) is 0.653. The zero-order valence-electron chi connectivity index (χ0n) is 8.82. The number of hydrogen-bond acceptors (Lipinski definition) is 1. The Morgan fingerprint density at radius 3 is 2.54 bits per heavy atom. The molecule has 0 unspecified atom stereocenters. The summed E-state index contributed by atoms with van der Waals surface area (Å²) in [5, 5.41) is 5.50. The predicted octanol–water partition coefficient (Wildman–Crippen LogP) is 1.50. The van der Waals surface area contributed by atoms with Gasteiger partial charge in [-0.3, -0.25) is 0 Å². The van der Waals surface area contributed by atoms with E-state index < -0.39 is 0 Å². The molecule has 0 heterocycles. The molecular weight excluding hydrogens is 164 g/mol. The molecule has 0 aromatic rings. The second-order valence-electron chi connectivity index (χ2n) is 3.47. The first kappa shape index (κ1) is 11.8. The van der Waals surface area contributed by atoms with Crippen LogP contribution in [0, 0.1) is 11.8 Å². The summed E-state index contributed by atoms with van der Waals surface area (Å²) in [7, 11) is 0. The highest BCUT2D eigenvalue weighted by Gasteiger charge is 2.16. The quantitative estimate of drug-likeness (QED) is 0.638. The summed E-state index contributed by atoms with van der Waals surface area (Å²) in [5.74, 6) is 5.47. The number of carbonyl (C=O) groups excluding carboxylic acids is 1. The van der Waals surface area contributed by atoms with Crippen LogP contribution in [0.1, 0.15) is 34.1 Å². The number of hydrogen-bond donors (Lipinski definition) is 2. The first-order valence-electron chi connectivity index (χ1n) is 4.47. The first-order valence-corrected chi connectivity index (χ1v) is 4.47. The second-order valence-corrected chi connectivity index (χ2v) is 3.47. The molecule has 0 saturated heterocycles. The Balaban J connectivity index is 3.78. The standard InChI is InChI=1S/C10H18N2O/c1-5-7-8-11-9(13)12-10(3,4)6-2/h6,8H2,1-4H3,(H2,11,12,13). The SMILES string of the molecule is CC#CCNC(=O)NC(C)(C)CC. The molecule has 0 fully saturated rings. The molecule has 0 spiro atoms. The molecule has 2 amide bonds. The van der Waals surface area contributed by atoms with E-state index in [-0.39, 0.29) is 11.6 Å². The van der Waals surface area contributed by atoms with E-state index in [9.17, 15) is 4.79 Å². The van der Waals surface area contributed by atoms with Crippen LogP contribution in [0.5, 0.6) is 0 Å². The van der Waals surface area contributed by atoms with E-state index in [1.165, 1.54) is 0 Å². The van der Waals surface area contributed by atoms with Crippen molar-refractivity contribution in [3.05, 3.63) is 0 Å². The zero-order chi connectivity index (χ0) is 10.3. The number of rotatable bonds is 3. The fraction of sp³-hybridized carbons (Fsp3) is 0.700. The Morgan fingerprint density at radius 2 is 2.08 bits per heavy atom. The van der Waals surface area contributed by atoms with Gasteiger partial charge in [-0.2, -0.15) is 0 Å². The minimum atomic E-state index is -0.158. The van der Waals surface area contributed by atoms with Gasteiger partial charge in [0.05, 0.1) is 6.54 Å². The summed E-state index contributed by atoms with van der Waals surface area (Å²) in [6.45, 7) is 8.15. The van der Waals surface area contributed by atoms with Gasteiger partial charge in [-0.1, -0.05) is 12.8 Å². The molecule has 13 heavy (non-hydrogen) atoms. The maximum absolute atomic E-state index is 11.2. The molecule has 3 heteroatoms. The lowest BCUT2D eigenvalue weighted by Gasteiger charge is -2.24. The lowest BCUT2D eigenvalue weighted by molar-refractivity contribution is 0.230. The van der Waals surface area contributed by atoms with Gasteiger partial charge in [-0.25, -0.2) is 4.79 Å². The van der Waals surface area contributed by atoms with E-state index >= 15 is 0 Å².